The maximum atomic E-state index is 7.21. The van der Waals surface area contributed by atoms with Gasteiger partial charge in [-0.3, -0.25) is 5.41 Å². The summed E-state index contributed by atoms with van der Waals surface area (Å²) in [6.45, 7) is 2.51. The van der Waals surface area contributed by atoms with Crippen molar-refractivity contribution in [2.24, 2.45) is 5.73 Å². The van der Waals surface area contributed by atoms with Gasteiger partial charge >= 0.3 is 0 Å². The number of nitrogens with one attached hydrogen (secondary N) is 1. The highest BCUT2D eigenvalue weighted by molar-refractivity contribution is 5.79. The molecule has 1 aromatic rings. The molecule has 0 aliphatic rings. The van der Waals surface area contributed by atoms with Gasteiger partial charge in [0.2, 0.25) is 0 Å². The van der Waals surface area contributed by atoms with Gasteiger partial charge in [-0.15, -0.1) is 0 Å². The minimum absolute atomic E-state index is 0.165. The molecule has 19 heavy (non-hydrogen) atoms. The van der Waals surface area contributed by atoms with E-state index in [0.29, 0.717) is 26.2 Å². The summed E-state index contributed by atoms with van der Waals surface area (Å²) < 4.78 is 15.8. The molecule has 0 aliphatic carbocycles. The molecule has 0 amide bonds. The zero-order chi connectivity index (χ0) is 13.9. The first-order chi connectivity index (χ1) is 9.22. The highest BCUT2D eigenvalue weighted by Gasteiger charge is 1.97. The van der Waals surface area contributed by atoms with Gasteiger partial charge in [0.1, 0.15) is 12.4 Å². The molecular formula is C14H22N2O3. The average Bonchev–Trinajstić information content (AvgIpc) is 2.39. The Balaban J connectivity index is 2.14. The summed E-state index contributed by atoms with van der Waals surface area (Å²) >= 11 is 0. The van der Waals surface area contributed by atoms with E-state index >= 15 is 0 Å². The minimum atomic E-state index is 0.165. The summed E-state index contributed by atoms with van der Waals surface area (Å²) in [7, 11) is 1.68. The first-order valence-electron chi connectivity index (χ1n) is 6.33. The minimum Gasteiger partial charge on any atom is -0.491 e. The molecule has 0 aromatic heterocycles. The molecule has 1 rings (SSSR count). The molecule has 1 aromatic carbocycles. The fourth-order valence-electron chi connectivity index (χ4n) is 1.55. The summed E-state index contributed by atoms with van der Waals surface area (Å²) in [5.41, 5.74) is 6.35. The predicted octanol–water partition coefficient (Wildman–Crippen LogP) is 1.60. The van der Waals surface area contributed by atoms with E-state index in [9.17, 15) is 0 Å². The summed E-state index contributed by atoms with van der Waals surface area (Å²) in [5, 5.41) is 7.21. The molecule has 0 aliphatic heterocycles. The molecule has 0 fully saturated rings. The number of nitrogens with two attached hydrogens (primary N) is 1. The topological polar surface area (TPSA) is 77.6 Å². The van der Waals surface area contributed by atoms with Gasteiger partial charge in [0.15, 0.2) is 0 Å². The Morgan fingerprint density at radius 1 is 1.11 bits per heavy atom. The molecule has 0 saturated carbocycles. The zero-order valence-electron chi connectivity index (χ0n) is 11.4. The summed E-state index contributed by atoms with van der Waals surface area (Å²) in [4.78, 5) is 0. The van der Waals surface area contributed by atoms with Gasteiger partial charge in [-0.2, -0.15) is 0 Å². The second kappa shape index (κ2) is 9.35. The molecule has 0 radical (unpaired) electrons. The fraction of sp³-hybridized carbons (Fsp3) is 0.500. The predicted molar refractivity (Wildman–Crippen MR) is 74.9 cm³/mol. The van der Waals surface area contributed by atoms with Crippen LogP contribution >= 0.6 is 0 Å². The smallest absolute Gasteiger partial charge is 0.119 e. The largest absolute Gasteiger partial charge is 0.491 e. The highest BCUT2D eigenvalue weighted by atomic mass is 16.5. The third-order valence-corrected chi connectivity index (χ3v) is 2.45. The first kappa shape index (κ1) is 15.5. The molecule has 0 atom stereocenters. The molecule has 0 bridgehead atoms. The van der Waals surface area contributed by atoms with E-state index in [0.717, 1.165) is 24.3 Å². The maximum absolute atomic E-state index is 7.21. The average molecular weight is 266 g/mol. The Kier molecular flexibility index (Phi) is 7.62. The second-order valence-corrected chi connectivity index (χ2v) is 4.15. The number of hydrogen-bond acceptors (Lipinski definition) is 4. The van der Waals surface area contributed by atoms with Gasteiger partial charge in [-0.1, -0.05) is 12.1 Å². The summed E-state index contributed by atoms with van der Waals surface area (Å²) in [5.74, 6) is 0.964. The number of ether oxygens (including phenoxy) is 3. The van der Waals surface area contributed by atoms with Gasteiger partial charge in [0, 0.05) is 26.7 Å². The van der Waals surface area contributed by atoms with Crippen molar-refractivity contribution in [1.82, 2.24) is 0 Å². The van der Waals surface area contributed by atoms with Crippen molar-refractivity contribution in [2.45, 2.75) is 12.8 Å². The van der Waals surface area contributed by atoms with Crippen molar-refractivity contribution >= 4 is 5.84 Å². The van der Waals surface area contributed by atoms with Crippen LogP contribution in [0.4, 0.5) is 0 Å². The van der Waals surface area contributed by atoms with Gasteiger partial charge in [0.05, 0.1) is 12.4 Å². The van der Waals surface area contributed by atoms with Crippen LogP contribution in [0.25, 0.3) is 0 Å². The number of methoxy groups -OCH3 is 1. The second-order valence-electron chi connectivity index (χ2n) is 4.15. The van der Waals surface area contributed by atoms with Crippen LogP contribution < -0.4 is 10.5 Å². The summed E-state index contributed by atoms with van der Waals surface area (Å²) in [6.07, 6.45) is 1.37. The van der Waals surface area contributed by atoms with Gasteiger partial charge in [0.25, 0.3) is 0 Å². The van der Waals surface area contributed by atoms with E-state index in [2.05, 4.69) is 0 Å². The monoisotopic (exact) mass is 266 g/mol. The van der Waals surface area contributed by atoms with Crippen LogP contribution in [0.1, 0.15) is 12.0 Å². The Morgan fingerprint density at radius 2 is 1.84 bits per heavy atom. The van der Waals surface area contributed by atoms with Crippen LogP contribution in [0.3, 0.4) is 0 Å². The van der Waals surface area contributed by atoms with Crippen molar-refractivity contribution in [3.05, 3.63) is 29.8 Å². The molecule has 5 heteroatoms. The molecular weight excluding hydrogens is 244 g/mol. The van der Waals surface area contributed by atoms with Crippen LogP contribution in [0.2, 0.25) is 0 Å². The van der Waals surface area contributed by atoms with E-state index in [1.54, 1.807) is 7.11 Å². The number of amidine groups is 1. The van der Waals surface area contributed by atoms with Crippen LogP contribution in [0.15, 0.2) is 24.3 Å². The van der Waals surface area contributed by atoms with Crippen molar-refractivity contribution in [3.8, 4) is 5.75 Å². The van der Waals surface area contributed by atoms with Crippen molar-refractivity contribution in [2.75, 3.05) is 33.5 Å². The molecule has 0 unspecified atom stereocenters. The first-order valence-corrected chi connectivity index (χ1v) is 6.33. The van der Waals surface area contributed by atoms with Gasteiger partial charge in [-0.05, 0) is 24.1 Å². The lowest BCUT2D eigenvalue weighted by Gasteiger charge is -2.08. The molecule has 106 valence electrons. The van der Waals surface area contributed by atoms with Crippen molar-refractivity contribution in [1.29, 1.82) is 5.41 Å². The Bertz CT molecular complexity index is 365. The lowest BCUT2D eigenvalue weighted by Crippen LogP contribution is -2.12. The Morgan fingerprint density at radius 3 is 2.47 bits per heavy atom. The van der Waals surface area contributed by atoms with E-state index in [1.807, 2.05) is 24.3 Å². The van der Waals surface area contributed by atoms with E-state index < -0.39 is 0 Å². The number of hydrogen-bond donors (Lipinski definition) is 2. The highest BCUT2D eigenvalue weighted by Crippen LogP contribution is 2.12. The fourth-order valence-corrected chi connectivity index (χ4v) is 1.55. The third kappa shape index (κ3) is 7.43. The Hall–Kier alpha value is -1.59. The molecule has 0 heterocycles. The van der Waals surface area contributed by atoms with Crippen molar-refractivity contribution < 1.29 is 14.2 Å². The SMILES string of the molecule is COCCCOCCOc1ccc(CC(=N)N)cc1. The van der Waals surface area contributed by atoms with Crippen LogP contribution in [-0.4, -0.2) is 39.4 Å². The third-order valence-electron chi connectivity index (χ3n) is 2.45. The number of rotatable bonds is 10. The molecule has 0 spiro atoms. The van der Waals surface area contributed by atoms with Crippen LogP contribution in [-0.2, 0) is 15.9 Å². The lowest BCUT2D eigenvalue weighted by atomic mass is 10.1. The summed E-state index contributed by atoms with van der Waals surface area (Å²) in [6, 6.07) is 7.58. The molecule has 0 saturated heterocycles. The molecule has 3 N–H and O–H groups in total. The maximum Gasteiger partial charge on any atom is 0.119 e. The van der Waals surface area contributed by atoms with Gasteiger partial charge in [-0.25, -0.2) is 0 Å². The van der Waals surface area contributed by atoms with E-state index in [-0.39, 0.29) is 5.84 Å². The standard InChI is InChI=1S/C14H22N2O3/c1-17-7-2-8-18-9-10-19-13-5-3-12(4-6-13)11-14(15)16/h3-6H,2,7-11H2,1H3,(H3,15,16). The molecule has 5 nitrogen and oxygen atoms in total. The Labute approximate surface area is 114 Å². The van der Waals surface area contributed by atoms with E-state index in [4.69, 9.17) is 25.4 Å². The lowest BCUT2D eigenvalue weighted by molar-refractivity contribution is 0.0806. The quantitative estimate of drug-likeness (QED) is 0.383. The van der Waals surface area contributed by atoms with Crippen LogP contribution in [0.5, 0.6) is 5.75 Å². The van der Waals surface area contributed by atoms with Gasteiger partial charge < -0.3 is 19.9 Å². The number of benzene rings is 1. The van der Waals surface area contributed by atoms with E-state index in [1.165, 1.54) is 0 Å². The zero-order valence-corrected chi connectivity index (χ0v) is 11.4. The van der Waals surface area contributed by atoms with Crippen molar-refractivity contribution in [3.63, 3.8) is 0 Å². The van der Waals surface area contributed by atoms with Crippen LogP contribution in [0, 0.1) is 5.41 Å². The normalized spacial score (nSPS) is 10.4.